The summed E-state index contributed by atoms with van der Waals surface area (Å²) in [6.45, 7) is 7.97. The zero-order valence-corrected chi connectivity index (χ0v) is 11.3. The summed E-state index contributed by atoms with van der Waals surface area (Å²) in [4.78, 5) is 6.64. The van der Waals surface area contributed by atoms with Crippen LogP contribution in [0.1, 0.15) is 33.1 Å². The second-order valence-electron chi connectivity index (χ2n) is 4.99. The Hall–Kier alpha value is -0.810. The zero-order valence-electron chi connectivity index (χ0n) is 11.3. The van der Waals surface area contributed by atoms with Crippen LogP contribution in [0.3, 0.4) is 0 Å². The molecule has 0 bridgehead atoms. The number of nitrogens with one attached hydrogen (secondary N) is 1. The molecule has 1 heterocycles. The SMILES string of the molecule is CCC1(C)CCN(C(=NCCOC)NN)CC1. The van der Waals surface area contributed by atoms with Crippen LogP contribution in [-0.4, -0.2) is 44.2 Å². The van der Waals surface area contributed by atoms with Gasteiger partial charge in [-0.25, -0.2) is 10.8 Å². The molecule has 0 amide bonds. The van der Waals surface area contributed by atoms with Gasteiger partial charge in [0.15, 0.2) is 0 Å². The van der Waals surface area contributed by atoms with Crippen LogP contribution in [0.15, 0.2) is 4.99 Å². The summed E-state index contributed by atoms with van der Waals surface area (Å²) in [5.74, 6) is 6.31. The van der Waals surface area contributed by atoms with Crippen molar-refractivity contribution in [3.63, 3.8) is 0 Å². The Balaban J connectivity index is 2.47. The number of hydrogen-bond acceptors (Lipinski definition) is 3. The van der Waals surface area contributed by atoms with E-state index in [0.717, 1.165) is 19.0 Å². The number of nitrogens with zero attached hydrogens (tertiary/aromatic N) is 2. The predicted molar refractivity (Wildman–Crippen MR) is 70.7 cm³/mol. The maximum atomic E-state index is 5.52. The highest BCUT2D eigenvalue weighted by atomic mass is 16.5. The summed E-state index contributed by atoms with van der Waals surface area (Å²) in [7, 11) is 1.68. The molecule has 0 aromatic rings. The fourth-order valence-corrected chi connectivity index (χ4v) is 2.09. The summed E-state index contributed by atoms with van der Waals surface area (Å²) in [6, 6.07) is 0. The van der Waals surface area contributed by atoms with Gasteiger partial charge < -0.3 is 9.64 Å². The Morgan fingerprint density at radius 1 is 1.47 bits per heavy atom. The van der Waals surface area contributed by atoms with E-state index in [2.05, 4.69) is 29.2 Å². The smallest absolute Gasteiger partial charge is 0.208 e. The number of rotatable bonds is 4. The van der Waals surface area contributed by atoms with E-state index in [9.17, 15) is 0 Å². The molecule has 3 N–H and O–H groups in total. The summed E-state index contributed by atoms with van der Waals surface area (Å²) in [6.07, 6.45) is 3.65. The lowest BCUT2D eigenvalue weighted by Crippen LogP contribution is -2.49. The molecule has 0 spiro atoms. The first-order valence-electron chi connectivity index (χ1n) is 6.40. The van der Waals surface area contributed by atoms with Crippen LogP contribution in [0.25, 0.3) is 0 Å². The lowest BCUT2D eigenvalue weighted by atomic mass is 9.78. The van der Waals surface area contributed by atoms with Gasteiger partial charge in [-0.05, 0) is 18.3 Å². The maximum absolute atomic E-state index is 5.52. The Morgan fingerprint density at radius 2 is 2.12 bits per heavy atom. The minimum absolute atomic E-state index is 0.489. The monoisotopic (exact) mass is 242 g/mol. The van der Waals surface area contributed by atoms with Gasteiger partial charge in [0.1, 0.15) is 0 Å². The van der Waals surface area contributed by atoms with Crippen molar-refractivity contribution in [3.05, 3.63) is 0 Å². The van der Waals surface area contributed by atoms with Gasteiger partial charge in [-0.1, -0.05) is 20.3 Å². The number of piperidine rings is 1. The molecule has 1 rings (SSSR count). The highest BCUT2D eigenvalue weighted by molar-refractivity contribution is 5.79. The van der Waals surface area contributed by atoms with Crippen LogP contribution in [0.4, 0.5) is 0 Å². The van der Waals surface area contributed by atoms with Crippen LogP contribution >= 0.6 is 0 Å². The summed E-state index contributed by atoms with van der Waals surface area (Å²) in [5.41, 5.74) is 3.19. The Morgan fingerprint density at radius 3 is 2.59 bits per heavy atom. The molecule has 0 aromatic carbocycles. The molecule has 0 aromatic heterocycles. The Bertz CT molecular complexity index is 247. The number of ether oxygens (including phenoxy) is 1. The highest BCUT2D eigenvalue weighted by Gasteiger charge is 2.29. The quantitative estimate of drug-likeness (QED) is 0.253. The number of guanidine groups is 1. The maximum Gasteiger partial charge on any atom is 0.208 e. The van der Waals surface area contributed by atoms with E-state index in [4.69, 9.17) is 10.6 Å². The topological polar surface area (TPSA) is 62.9 Å². The molecule has 0 aliphatic carbocycles. The molecule has 5 heteroatoms. The van der Waals surface area contributed by atoms with Crippen molar-refractivity contribution in [1.29, 1.82) is 0 Å². The fourth-order valence-electron chi connectivity index (χ4n) is 2.09. The van der Waals surface area contributed by atoms with Crippen molar-refractivity contribution in [3.8, 4) is 0 Å². The summed E-state index contributed by atoms with van der Waals surface area (Å²) >= 11 is 0. The number of hydrogen-bond donors (Lipinski definition) is 2. The molecular formula is C12H26N4O. The van der Waals surface area contributed by atoms with Gasteiger partial charge in [-0.2, -0.15) is 0 Å². The normalized spacial score (nSPS) is 20.5. The second-order valence-corrected chi connectivity index (χ2v) is 4.99. The van der Waals surface area contributed by atoms with Crippen LogP contribution < -0.4 is 11.3 Å². The first-order valence-corrected chi connectivity index (χ1v) is 6.40. The number of aliphatic imine (C=N–C) groups is 1. The van der Waals surface area contributed by atoms with E-state index in [0.29, 0.717) is 18.6 Å². The van der Waals surface area contributed by atoms with Crippen molar-refractivity contribution >= 4 is 5.96 Å². The van der Waals surface area contributed by atoms with Crippen LogP contribution in [0, 0.1) is 5.41 Å². The van der Waals surface area contributed by atoms with Crippen LogP contribution in [0.5, 0.6) is 0 Å². The van der Waals surface area contributed by atoms with Crippen molar-refractivity contribution in [2.75, 3.05) is 33.4 Å². The van der Waals surface area contributed by atoms with Crippen molar-refractivity contribution < 1.29 is 4.74 Å². The van der Waals surface area contributed by atoms with E-state index in [1.807, 2.05) is 0 Å². The molecule has 1 aliphatic rings. The molecule has 0 atom stereocenters. The first-order chi connectivity index (χ1) is 8.15. The molecule has 0 unspecified atom stereocenters. The van der Waals surface area contributed by atoms with Crippen molar-refractivity contribution in [2.24, 2.45) is 16.3 Å². The van der Waals surface area contributed by atoms with Gasteiger partial charge in [-0.15, -0.1) is 0 Å². The Labute approximate surface area is 104 Å². The van der Waals surface area contributed by atoms with Gasteiger partial charge in [-0.3, -0.25) is 5.43 Å². The van der Waals surface area contributed by atoms with Crippen LogP contribution in [0.2, 0.25) is 0 Å². The number of nitrogens with two attached hydrogens (primary N) is 1. The molecule has 0 radical (unpaired) electrons. The molecule has 1 saturated heterocycles. The highest BCUT2D eigenvalue weighted by Crippen LogP contribution is 2.33. The molecule has 5 nitrogen and oxygen atoms in total. The average molecular weight is 242 g/mol. The van der Waals surface area contributed by atoms with E-state index in [-0.39, 0.29) is 0 Å². The Kier molecular flexibility index (Phi) is 5.71. The molecule has 0 saturated carbocycles. The predicted octanol–water partition coefficient (Wildman–Crippen LogP) is 0.964. The molecule has 17 heavy (non-hydrogen) atoms. The molecular weight excluding hydrogens is 216 g/mol. The molecule has 1 aliphatic heterocycles. The minimum Gasteiger partial charge on any atom is -0.383 e. The van der Waals surface area contributed by atoms with Crippen molar-refractivity contribution in [2.45, 2.75) is 33.1 Å². The standard InChI is InChI=1S/C12H26N4O/c1-4-12(2)5-8-16(9-6-12)11(15-13)14-7-10-17-3/h4-10,13H2,1-3H3,(H,14,15). The average Bonchev–Trinajstić information content (AvgIpc) is 2.36. The fraction of sp³-hybridized carbons (Fsp3) is 0.917. The van der Waals surface area contributed by atoms with Gasteiger partial charge in [0.05, 0.1) is 13.2 Å². The van der Waals surface area contributed by atoms with E-state index >= 15 is 0 Å². The largest absolute Gasteiger partial charge is 0.383 e. The zero-order chi connectivity index (χ0) is 12.7. The third-order valence-electron chi connectivity index (χ3n) is 3.81. The lowest BCUT2D eigenvalue weighted by molar-refractivity contribution is 0.159. The van der Waals surface area contributed by atoms with E-state index in [1.165, 1.54) is 19.3 Å². The molecule has 1 fully saturated rings. The van der Waals surface area contributed by atoms with Gasteiger partial charge in [0.2, 0.25) is 5.96 Å². The lowest BCUT2D eigenvalue weighted by Gasteiger charge is -2.39. The van der Waals surface area contributed by atoms with Gasteiger partial charge in [0.25, 0.3) is 0 Å². The first kappa shape index (κ1) is 14.3. The third kappa shape index (κ3) is 4.16. The number of likely N-dealkylation sites (tertiary alicyclic amines) is 1. The third-order valence-corrected chi connectivity index (χ3v) is 3.81. The summed E-state index contributed by atoms with van der Waals surface area (Å²) < 4.78 is 4.98. The van der Waals surface area contributed by atoms with E-state index < -0.39 is 0 Å². The van der Waals surface area contributed by atoms with Gasteiger partial charge >= 0.3 is 0 Å². The minimum atomic E-state index is 0.489. The number of hydrazine groups is 1. The van der Waals surface area contributed by atoms with Crippen LogP contribution in [-0.2, 0) is 4.74 Å². The van der Waals surface area contributed by atoms with Gasteiger partial charge in [0, 0.05) is 20.2 Å². The molecule has 100 valence electrons. The summed E-state index contributed by atoms with van der Waals surface area (Å²) in [5, 5.41) is 0. The second kappa shape index (κ2) is 6.81. The van der Waals surface area contributed by atoms with E-state index in [1.54, 1.807) is 7.11 Å². The van der Waals surface area contributed by atoms with Crippen molar-refractivity contribution in [1.82, 2.24) is 10.3 Å². The number of methoxy groups -OCH3 is 1.